The van der Waals surface area contributed by atoms with E-state index in [0.717, 1.165) is 18.9 Å². The first kappa shape index (κ1) is 15.0. The summed E-state index contributed by atoms with van der Waals surface area (Å²) in [5.74, 6) is 1.33. The normalized spacial score (nSPS) is 22.9. The third kappa shape index (κ3) is 3.96. The fraction of sp³-hybridized carbons (Fsp3) is 1.00. The molecular formula is C15H31NO. The van der Waals surface area contributed by atoms with Crippen LogP contribution in [0.2, 0.25) is 0 Å². The summed E-state index contributed by atoms with van der Waals surface area (Å²) in [6.07, 6.45) is 7.81. The summed E-state index contributed by atoms with van der Waals surface area (Å²) in [5, 5.41) is 0. The van der Waals surface area contributed by atoms with Gasteiger partial charge in [-0.3, -0.25) is 0 Å². The number of ether oxygens (including phenoxy) is 1. The Balaban J connectivity index is 2.62. The van der Waals surface area contributed by atoms with Crippen LogP contribution in [0.1, 0.15) is 59.3 Å². The Morgan fingerprint density at radius 2 is 1.76 bits per heavy atom. The van der Waals surface area contributed by atoms with Crippen LogP contribution in [0.25, 0.3) is 0 Å². The molecular weight excluding hydrogens is 210 g/mol. The smallest absolute Gasteiger partial charge is 0.0465 e. The molecule has 102 valence electrons. The second-order valence-electron chi connectivity index (χ2n) is 6.45. The first-order chi connectivity index (χ1) is 8.02. The zero-order chi connectivity index (χ0) is 12.9. The van der Waals surface area contributed by atoms with E-state index in [1.807, 2.05) is 0 Å². The molecule has 17 heavy (non-hydrogen) atoms. The van der Waals surface area contributed by atoms with Crippen LogP contribution in [0.15, 0.2) is 0 Å². The maximum Gasteiger partial charge on any atom is 0.0465 e. The summed E-state index contributed by atoms with van der Waals surface area (Å²) in [6, 6.07) is 0.350. The zero-order valence-corrected chi connectivity index (χ0v) is 12.2. The van der Waals surface area contributed by atoms with E-state index in [9.17, 15) is 0 Å². The highest BCUT2D eigenvalue weighted by Crippen LogP contribution is 2.47. The fourth-order valence-electron chi connectivity index (χ4n) is 3.65. The van der Waals surface area contributed by atoms with Gasteiger partial charge in [-0.1, -0.05) is 33.6 Å². The van der Waals surface area contributed by atoms with Crippen LogP contribution in [0.3, 0.4) is 0 Å². The highest BCUT2D eigenvalue weighted by atomic mass is 16.5. The van der Waals surface area contributed by atoms with Crippen LogP contribution < -0.4 is 5.73 Å². The van der Waals surface area contributed by atoms with Gasteiger partial charge in [0, 0.05) is 19.8 Å². The van der Waals surface area contributed by atoms with Gasteiger partial charge in [0.15, 0.2) is 0 Å². The topological polar surface area (TPSA) is 35.2 Å². The van der Waals surface area contributed by atoms with Gasteiger partial charge in [0.25, 0.3) is 0 Å². The Labute approximate surface area is 107 Å². The summed E-state index contributed by atoms with van der Waals surface area (Å²) in [7, 11) is 1.78. The summed E-state index contributed by atoms with van der Waals surface area (Å²) in [5.41, 5.74) is 7.01. The average molecular weight is 241 g/mol. The van der Waals surface area contributed by atoms with Crippen LogP contribution in [-0.4, -0.2) is 19.8 Å². The molecule has 0 radical (unpaired) electrons. The van der Waals surface area contributed by atoms with Crippen LogP contribution in [0.5, 0.6) is 0 Å². The van der Waals surface area contributed by atoms with E-state index in [1.165, 1.54) is 32.1 Å². The summed E-state index contributed by atoms with van der Waals surface area (Å²) in [6.45, 7) is 7.79. The van der Waals surface area contributed by atoms with Crippen LogP contribution in [0.4, 0.5) is 0 Å². The van der Waals surface area contributed by atoms with Gasteiger partial charge in [-0.05, 0) is 42.9 Å². The highest BCUT2D eigenvalue weighted by molar-refractivity contribution is 4.95. The minimum atomic E-state index is 0.350. The summed E-state index contributed by atoms with van der Waals surface area (Å²) in [4.78, 5) is 0. The van der Waals surface area contributed by atoms with Gasteiger partial charge in [-0.2, -0.15) is 0 Å². The molecule has 0 heterocycles. The first-order valence-electron chi connectivity index (χ1n) is 7.26. The van der Waals surface area contributed by atoms with Crippen LogP contribution in [-0.2, 0) is 4.74 Å². The van der Waals surface area contributed by atoms with Crippen LogP contribution in [0, 0.1) is 17.3 Å². The number of hydrogen-bond donors (Lipinski definition) is 1. The summed E-state index contributed by atoms with van der Waals surface area (Å²) < 4.78 is 5.18. The van der Waals surface area contributed by atoms with Gasteiger partial charge < -0.3 is 10.5 Å². The van der Waals surface area contributed by atoms with Crippen molar-refractivity contribution >= 4 is 0 Å². The molecule has 0 aromatic rings. The molecule has 1 rings (SSSR count). The molecule has 0 amide bonds. The van der Waals surface area contributed by atoms with Gasteiger partial charge >= 0.3 is 0 Å². The van der Waals surface area contributed by atoms with E-state index < -0.39 is 0 Å². The zero-order valence-electron chi connectivity index (χ0n) is 12.2. The molecule has 1 aliphatic rings. The molecule has 1 fully saturated rings. The van der Waals surface area contributed by atoms with Gasteiger partial charge in [0.1, 0.15) is 0 Å². The van der Waals surface area contributed by atoms with Gasteiger partial charge in [0.05, 0.1) is 0 Å². The van der Waals surface area contributed by atoms with Gasteiger partial charge in [-0.25, -0.2) is 0 Å². The average Bonchev–Trinajstić information content (AvgIpc) is 2.73. The van der Waals surface area contributed by atoms with Crippen molar-refractivity contribution in [2.24, 2.45) is 23.0 Å². The monoisotopic (exact) mass is 241 g/mol. The molecule has 1 aliphatic carbocycles. The quantitative estimate of drug-likeness (QED) is 0.739. The predicted molar refractivity (Wildman–Crippen MR) is 74.0 cm³/mol. The van der Waals surface area contributed by atoms with E-state index in [-0.39, 0.29) is 0 Å². The van der Waals surface area contributed by atoms with E-state index in [0.29, 0.717) is 17.4 Å². The molecule has 0 saturated heterocycles. The van der Waals surface area contributed by atoms with E-state index in [1.54, 1.807) is 7.11 Å². The lowest BCUT2D eigenvalue weighted by atomic mass is 9.68. The number of nitrogens with two attached hydrogens (primary N) is 1. The van der Waals surface area contributed by atoms with Crippen molar-refractivity contribution in [1.82, 2.24) is 0 Å². The number of methoxy groups -OCH3 is 1. The fourth-order valence-corrected chi connectivity index (χ4v) is 3.65. The van der Waals surface area contributed by atoms with E-state index >= 15 is 0 Å². The van der Waals surface area contributed by atoms with E-state index in [2.05, 4.69) is 20.8 Å². The molecule has 0 spiro atoms. The van der Waals surface area contributed by atoms with Crippen molar-refractivity contribution in [3.05, 3.63) is 0 Å². The van der Waals surface area contributed by atoms with Crippen molar-refractivity contribution in [3.8, 4) is 0 Å². The van der Waals surface area contributed by atoms with Crippen molar-refractivity contribution in [2.45, 2.75) is 65.3 Å². The van der Waals surface area contributed by atoms with Crippen molar-refractivity contribution < 1.29 is 4.74 Å². The van der Waals surface area contributed by atoms with Crippen LogP contribution >= 0.6 is 0 Å². The van der Waals surface area contributed by atoms with Crippen molar-refractivity contribution in [1.29, 1.82) is 0 Å². The minimum Gasteiger partial charge on any atom is -0.385 e. The van der Waals surface area contributed by atoms with Gasteiger partial charge in [-0.15, -0.1) is 0 Å². The highest BCUT2D eigenvalue weighted by Gasteiger charge is 2.41. The molecule has 0 bridgehead atoms. The maximum absolute atomic E-state index is 6.59. The van der Waals surface area contributed by atoms with Gasteiger partial charge in [0.2, 0.25) is 0 Å². The Hall–Kier alpha value is -0.0800. The predicted octanol–water partition coefficient (Wildman–Crippen LogP) is 3.59. The molecule has 0 aromatic heterocycles. The SMILES string of the molecule is COCCC(C)C(N)C1(CC(C)C)CCCC1. The third-order valence-corrected chi connectivity index (χ3v) is 4.51. The molecule has 2 atom stereocenters. The van der Waals surface area contributed by atoms with Crippen molar-refractivity contribution in [2.75, 3.05) is 13.7 Å². The number of rotatable bonds is 7. The second-order valence-corrected chi connectivity index (χ2v) is 6.45. The van der Waals surface area contributed by atoms with E-state index in [4.69, 9.17) is 10.5 Å². The molecule has 1 saturated carbocycles. The Morgan fingerprint density at radius 1 is 1.18 bits per heavy atom. The molecule has 2 unspecified atom stereocenters. The largest absolute Gasteiger partial charge is 0.385 e. The maximum atomic E-state index is 6.59. The minimum absolute atomic E-state index is 0.350. The molecule has 2 heteroatoms. The molecule has 0 aromatic carbocycles. The molecule has 2 nitrogen and oxygen atoms in total. The lowest BCUT2D eigenvalue weighted by Crippen LogP contribution is -2.45. The Morgan fingerprint density at radius 3 is 2.24 bits per heavy atom. The Kier molecular flexibility index (Phi) is 5.94. The standard InChI is InChI=1S/C15H31NO/c1-12(2)11-15(8-5-6-9-15)14(16)13(3)7-10-17-4/h12-14H,5-11,16H2,1-4H3. The molecule has 2 N–H and O–H groups in total. The Bertz CT molecular complexity index is 209. The first-order valence-corrected chi connectivity index (χ1v) is 7.26. The number of hydrogen-bond acceptors (Lipinski definition) is 2. The lowest BCUT2D eigenvalue weighted by molar-refractivity contribution is 0.116. The second kappa shape index (κ2) is 6.75. The van der Waals surface area contributed by atoms with Crippen molar-refractivity contribution in [3.63, 3.8) is 0 Å². The third-order valence-electron chi connectivity index (χ3n) is 4.51. The lowest BCUT2D eigenvalue weighted by Gasteiger charge is -2.40. The summed E-state index contributed by atoms with van der Waals surface area (Å²) >= 11 is 0. The molecule has 0 aliphatic heterocycles.